The van der Waals surface area contributed by atoms with Crippen molar-refractivity contribution in [2.24, 2.45) is 0 Å². The van der Waals surface area contributed by atoms with Crippen LogP contribution in [0.1, 0.15) is 18.1 Å². The number of nitrogens with zero attached hydrogens (tertiary/aromatic N) is 1. The van der Waals surface area contributed by atoms with Gasteiger partial charge in [0.15, 0.2) is 9.84 Å². The molecule has 1 aromatic rings. The zero-order valence-electron chi connectivity index (χ0n) is 11.5. The predicted octanol–water partition coefficient (Wildman–Crippen LogP) is 0.649. The Morgan fingerprint density at radius 3 is 2.65 bits per heavy atom. The Labute approximate surface area is 120 Å². The molecule has 0 amide bonds. The Balaban J connectivity index is 2.00. The van der Waals surface area contributed by atoms with Crippen LogP contribution in [0.2, 0.25) is 0 Å². The van der Waals surface area contributed by atoms with Crippen molar-refractivity contribution in [3.63, 3.8) is 0 Å². The van der Waals surface area contributed by atoms with Gasteiger partial charge >= 0.3 is 0 Å². The van der Waals surface area contributed by atoms with Gasteiger partial charge in [0, 0.05) is 24.7 Å². The second-order valence-electron chi connectivity index (χ2n) is 5.09. The van der Waals surface area contributed by atoms with E-state index in [0.717, 1.165) is 17.7 Å². The van der Waals surface area contributed by atoms with Crippen LogP contribution >= 0.6 is 0 Å². The first-order valence-corrected chi connectivity index (χ1v) is 8.45. The smallest absolute Gasteiger partial charge is 0.153 e. The quantitative estimate of drug-likeness (QED) is 0.814. The Hall–Kier alpha value is -1.35. The summed E-state index contributed by atoms with van der Waals surface area (Å²) in [6, 6.07) is 7.89. The van der Waals surface area contributed by atoms with Crippen molar-refractivity contribution in [3.8, 4) is 11.8 Å². The van der Waals surface area contributed by atoms with Gasteiger partial charge in [0.1, 0.15) is 6.61 Å². The first-order chi connectivity index (χ1) is 9.50. The van der Waals surface area contributed by atoms with Crippen molar-refractivity contribution in [2.75, 3.05) is 24.7 Å². The minimum Gasteiger partial charge on any atom is -0.384 e. The fourth-order valence-electron chi connectivity index (χ4n) is 2.34. The van der Waals surface area contributed by atoms with Crippen molar-refractivity contribution < 1.29 is 13.5 Å². The highest BCUT2D eigenvalue weighted by molar-refractivity contribution is 7.91. The summed E-state index contributed by atoms with van der Waals surface area (Å²) >= 11 is 0. The van der Waals surface area contributed by atoms with Gasteiger partial charge in [0.2, 0.25) is 0 Å². The molecular weight excluding hydrogens is 274 g/mol. The van der Waals surface area contributed by atoms with Gasteiger partial charge in [0.05, 0.1) is 11.5 Å². The van der Waals surface area contributed by atoms with Crippen molar-refractivity contribution in [2.45, 2.75) is 19.5 Å². The van der Waals surface area contributed by atoms with E-state index >= 15 is 0 Å². The summed E-state index contributed by atoms with van der Waals surface area (Å²) in [5.41, 5.74) is 2.02. The lowest BCUT2D eigenvalue weighted by Crippen LogP contribution is -2.46. The first kappa shape index (κ1) is 15.0. The summed E-state index contributed by atoms with van der Waals surface area (Å²) in [5, 5.41) is 8.64. The Morgan fingerprint density at radius 2 is 2.05 bits per heavy atom. The zero-order chi connectivity index (χ0) is 14.6. The van der Waals surface area contributed by atoms with Crippen molar-refractivity contribution in [3.05, 3.63) is 35.4 Å². The van der Waals surface area contributed by atoms with Crippen LogP contribution < -0.4 is 0 Å². The largest absolute Gasteiger partial charge is 0.384 e. The number of benzene rings is 1. The molecule has 1 unspecified atom stereocenters. The summed E-state index contributed by atoms with van der Waals surface area (Å²) in [4.78, 5) is 2.19. The van der Waals surface area contributed by atoms with E-state index in [2.05, 4.69) is 16.7 Å². The molecule has 0 spiro atoms. The summed E-state index contributed by atoms with van der Waals surface area (Å²) in [6.45, 7) is 3.17. The van der Waals surface area contributed by atoms with Crippen LogP contribution in [0, 0.1) is 11.8 Å². The predicted molar refractivity (Wildman–Crippen MR) is 78.9 cm³/mol. The van der Waals surface area contributed by atoms with Crippen LogP contribution in [0.3, 0.4) is 0 Å². The lowest BCUT2D eigenvalue weighted by Gasteiger charge is -2.33. The second kappa shape index (κ2) is 6.40. The third kappa shape index (κ3) is 4.07. The Morgan fingerprint density at radius 1 is 1.35 bits per heavy atom. The van der Waals surface area contributed by atoms with E-state index < -0.39 is 9.84 Å². The Kier molecular flexibility index (Phi) is 4.81. The van der Waals surface area contributed by atoms with E-state index in [-0.39, 0.29) is 24.2 Å². The van der Waals surface area contributed by atoms with Gasteiger partial charge in [-0.05, 0) is 24.6 Å². The van der Waals surface area contributed by atoms with Crippen LogP contribution in [0.15, 0.2) is 24.3 Å². The molecule has 2 rings (SSSR count). The SMILES string of the molecule is CC1CS(=O)(=O)CCN1Cc1ccc(C#CCO)cc1. The van der Waals surface area contributed by atoms with Crippen LogP contribution in [0.4, 0.5) is 0 Å². The maximum Gasteiger partial charge on any atom is 0.153 e. The van der Waals surface area contributed by atoms with Gasteiger partial charge < -0.3 is 5.11 Å². The van der Waals surface area contributed by atoms with Gasteiger partial charge in [-0.3, -0.25) is 4.90 Å². The second-order valence-corrected chi connectivity index (χ2v) is 7.32. The topological polar surface area (TPSA) is 57.6 Å². The summed E-state index contributed by atoms with van der Waals surface area (Å²) in [5.74, 6) is 5.95. The van der Waals surface area contributed by atoms with Gasteiger partial charge in [-0.1, -0.05) is 24.0 Å². The average Bonchev–Trinajstić information content (AvgIpc) is 2.40. The molecule has 1 aromatic carbocycles. The maximum atomic E-state index is 11.5. The minimum absolute atomic E-state index is 0.0580. The highest BCUT2D eigenvalue weighted by Crippen LogP contribution is 2.15. The highest BCUT2D eigenvalue weighted by atomic mass is 32.2. The molecule has 4 nitrogen and oxygen atoms in total. The molecule has 108 valence electrons. The number of aliphatic hydroxyl groups is 1. The lowest BCUT2D eigenvalue weighted by molar-refractivity contribution is 0.218. The van der Waals surface area contributed by atoms with Gasteiger partial charge in [-0.2, -0.15) is 0 Å². The molecule has 1 heterocycles. The Bertz CT molecular complexity index is 611. The van der Waals surface area contributed by atoms with Crippen LogP contribution in [-0.2, 0) is 16.4 Å². The van der Waals surface area contributed by atoms with Gasteiger partial charge in [0.25, 0.3) is 0 Å². The van der Waals surface area contributed by atoms with E-state index in [0.29, 0.717) is 6.54 Å². The summed E-state index contributed by atoms with van der Waals surface area (Å²) in [6.07, 6.45) is 0. The number of aliphatic hydroxyl groups excluding tert-OH is 1. The maximum absolute atomic E-state index is 11.5. The van der Waals surface area contributed by atoms with Crippen molar-refractivity contribution in [1.29, 1.82) is 0 Å². The van der Waals surface area contributed by atoms with E-state index in [9.17, 15) is 8.42 Å². The molecule has 0 bridgehead atoms. The molecule has 5 heteroatoms. The first-order valence-electron chi connectivity index (χ1n) is 6.63. The van der Waals surface area contributed by atoms with E-state index in [1.54, 1.807) is 0 Å². The molecule has 0 aliphatic carbocycles. The van der Waals surface area contributed by atoms with Crippen molar-refractivity contribution in [1.82, 2.24) is 4.90 Å². The summed E-state index contributed by atoms with van der Waals surface area (Å²) < 4.78 is 23.1. The highest BCUT2D eigenvalue weighted by Gasteiger charge is 2.27. The molecule has 20 heavy (non-hydrogen) atoms. The fraction of sp³-hybridized carbons (Fsp3) is 0.467. The molecule has 1 aliphatic heterocycles. The van der Waals surface area contributed by atoms with Gasteiger partial charge in [-0.25, -0.2) is 8.42 Å². The molecule has 1 saturated heterocycles. The standard InChI is InChI=1S/C15H19NO3S/c1-13-12-20(18,19)10-8-16(13)11-15-6-4-14(5-7-15)3-2-9-17/h4-7,13,17H,8-12H2,1H3. The lowest BCUT2D eigenvalue weighted by atomic mass is 10.1. The summed E-state index contributed by atoms with van der Waals surface area (Å²) in [7, 11) is -2.86. The van der Waals surface area contributed by atoms with E-state index in [4.69, 9.17) is 5.11 Å². The number of hydrogen-bond acceptors (Lipinski definition) is 4. The minimum atomic E-state index is -2.86. The molecule has 1 aliphatic rings. The molecule has 1 atom stereocenters. The van der Waals surface area contributed by atoms with Gasteiger partial charge in [-0.15, -0.1) is 0 Å². The molecule has 0 radical (unpaired) electrons. The van der Waals surface area contributed by atoms with Crippen LogP contribution in [-0.4, -0.2) is 49.1 Å². The number of hydrogen-bond donors (Lipinski definition) is 1. The van der Waals surface area contributed by atoms with Crippen molar-refractivity contribution >= 4 is 9.84 Å². The van der Waals surface area contributed by atoms with Crippen LogP contribution in [0.25, 0.3) is 0 Å². The fourth-order valence-corrected chi connectivity index (χ4v) is 3.96. The molecular formula is C15H19NO3S. The molecule has 0 saturated carbocycles. The van der Waals surface area contributed by atoms with E-state index in [1.165, 1.54) is 0 Å². The molecule has 0 aromatic heterocycles. The van der Waals surface area contributed by atoms with E-state index in [1.807, 2.05) is 31.2 Å². The monoisotopic (exact) mass is 293 g/mol. The molecule has 1 fully saturated rings. The third-order valence-electron chi connectivity index (χ3n) is 3.46. The zero-order valence-corrected chi connectivity index (χ0v) is 12.4. The average molecular weight is 293 g/mol. The van der Waals surface area contributed by atoms with Crippen LogP contribution in [0.5, 0.6) is 0 Å². The third-order valence-corrected chi connectivity index (χ3v) is 5.25. The number of rotatable bonds is 2. The molecule has 1 N–H and O–H groups in total. The normalized spacial score (nSPS) is 22.0. The number of sulfone groups is 1.